The third-order valence-electron chi connectivity index (χ3n) is 4.60. The van der Waals surface area contributed by atoms with Gasteiger partial charge >= 0.3 is 0 Å². The number of carbonyl (C=O) groups is 3. The zero-order chi connectivity index (χ0) is 18.7. The monoisotopic (exact) mass is 348 g/mol. The van der Waals surface area contributed by atoms with E-state index in [0.29, 0.717) is 12.2 Å². The van der Waals surface area contributed by atoms with E-state index in [0.717, 1.165) is 5.56 Å². The smallest absolute Gasteiger partial charge is 0.261 e. The maximum Gasteiger partial charge on any atom is 0.261 e. The lowest BCUT2D eigenvalue weighted by atomic mass is 10.1. The van der Waals surface area contributed by atoms with Gasteiger partial charge in [-0.25, -0.2) is 0 Å². The summed E-state index contributed by atoms with van der Waals surface area (Å²) in [4.78, 5) is 54.5. The summed E-state index contributed by atoms with van der Waals surface area (Å²) in [6.07, 6.45) is 0. The van der Waals surface area contributed by atoms with E-state index in [1.54, 1.807) is 17.9 Å². The van der Waals surface area contributed by atoms with Crippen molar-refractivity contribution >= 4 is 17.7 Å². The number of pyridine rings is 1. The molecular weight excluding hydrogens is 324 g/mol. The Kier molecular flexibility index (Phi) is 5.61. The van der Waals surface area contributed by atoms with Crippen molar-refractivity contribution < 1.29 is 14.4 Å². The number of carbonyl (C=O) groups excluding carboxylic acids is 3. The zero-order valence-corrected chi connectivity index (χ0v) is 15.0. The average molecular weight is 348 g/mol. The molecule has 0 aliphatic carbocycles. The van der Waals surface area contributed by atoms with Crippen LogP contribution >= 0.6 is 0 Å². The van der Waals surface area contributed by atoms with E-state index in [4.69, 9.17) is 0 Å². The first-order valence-electron chi connectivity index (χ1n) is 8.21. The van der Waals surface area contributed by atoms with Gasteiger partial charge in [0, 0.05) is 45.8 Å². The van der Waals surface area contributed by atoms with Gasteiger partial charge in [-0.1, -0.05) is 0 Å². The Morgan fingerprint density at radius 2 is 1.76 bits per heavy atom. The lowest BCUT2D eigenvalue weighted by Crippen LogP contribution is -2.43. The van der Waals surface area contributed by atoms with Crippen LogP contribution in [0.3, 0.4) is 0 Å². The van der Waals surface area contributed by atoms with Crippen LogP contribution in [-0.4, -0.2) is 65.7 Å². The van der Waals surface area contributed by atoms with Gasteiger partial charge in [-0.3, -0.25) is 19.2 Å². The molecule has 0 saturated carbocycles. The highest BCUT2D eigenvalue weighted by molar-refractivity contribution is 5.94. The molecule has 2 heterocycles. The molecule has 1 aliphatic heterocycles. The number of nitrogens with zero attached hydrogens (tertiary/aromatic N) is 2. The van der Waals surface area contributed by atoms with Crippen LogP contribution in [0.1, 0.15) is 28.5 Å². The molecule has 25 heavy (non-hydrogen) atoms. The minimum Gasteiger partial charge on any atom is -0.359 e. The molecule has 1 aromatic rings. The SMILES string of the molecule is CNC(=O)[C@H]1CN(C(C)=O)CCN(C(=O)c2cc(C)c(C)[nH]c2=O)C1. The van der Waals surface area contributed by atoms with Crippen molar-refractivity contribution in [3.05, 3.63) is 33.2 Å². The van der Waals surface area contributed by atoms with E-state index >= 15 is 0 Å². The van der Waals surface area contributed by atoms with Gasteiger partial charge in [0.1, 0.15) is 5.56 Å². The van der Waals surface area contributed by atoms with Crippen LogP contribution in [0.2, 0.25) is 0 Å². The largest absolute Gasteiger partial charge is 0.359 e. The average Bonchev–Trinajstić information content (AvgIpc) is 2.80. The molecule has 1 aromatic heterocycles. The highest BCUT2D eigenvalue weighted by Gasteiger charge is 2.31. The lowest BCUT2D eigenvalue weighted by molar-refractivity contribution is -0.130. The van der Waals surface area contributed by atoms with Crippen molar-refractivity contribution in [3.8, 4) is 0 Å². The molecule has 0 bridgehead atoms. The molecule has 0 aromatic carbocycles. The van der Waals surface area contributed by atoms with Gasteiger partial charge in [0.05, 0.1) is 5.92 Å². The predicted molar refractivity (Wildman–Crippen MR) is 92.3 cm³/mol. The van der Waals surface area contributed by atoms with Gasteiger partial charge in [-0.05, 0) is 25.5 Å². The van der Waals surface area contributed by atoms with Crippen LogP contribution < -0.4 is 10.9 Å². The van der Waals surface area contributed by atoms with Crippen LogP contribution in [0.4, 0.5) is 0 Å². The number of hydrogen-bond donors (Lipinski definition) is 2. The summed E-state index contributed by atoms with van der Waals surface area (Å²) in [6, 6.07) is 1.57. The maximum absolute atomic E-state index is 12.8. The van der Waals surface area contributed by atoms with Gasteiger partial charge in [0.2, 0.25) is 11.8 Å². The number of hydrogen-bond acceptors (Lipinski definition) is 4. The summed E-state index contributed by atoms with van der Waals surface area (Å²) in [7, 11) is 1.52. The molecule has 8 heteroatoms. The molecular formula is C17H24N4O4. The Morgan fingerprint density at radius 1 is 1.16 bits per heavy atom. The van der Waals surface area contributed by atoms with Gasteiger partial charge < -0.3 is 20.1 Å². The Labute approximate surface area is 146 Å². The molecule has 8 nitrogen and oxygen atoms in total. The molecule has 1 fully saturated rings. The van der Waals surface area contributed by atoms with E-state index in [-0.39, 0.29) is 37.0 Å². The van der Waals surface area contributed by atoms with Crippen molar-refractivity contribution in [3.63, 3.8) is 0 Å². The van der Waals surface area contributed by atoms with Crippen LogP contribution in [0.5, 0.6) is 0 Å². The Bertz CT molecular complexity index is 756. The second kappa shape index (κ2) is 7.50. The Hall–Kier alpha value is -2.64. The first-order chi connectivity index (χ1) is 11.7. The van der Waals surface area contributed by atoms with Crippen molar-refractivity contribution in [2.45, 2.75) is 20.8 Å². The number of aromatic amines is 1. The predicted octanol–water partition coefficient (Wildman–Crippen LogP) is -0.342. The second-order valence-corrected chi connectivity index (χ2v) is 6.35. The fourth-order valence-electron chi connectivity index (χ4n) is 2.91. The van der Waals surface area contributed by atoms with E-state index in [1.165, 1.54) is 18.9 Å². The lowest BCUT2D eigenvalue weighted by Gasteiger charge is -2.23. The quantitative estimate of drug-likeness (QED) is 0.763. The first kappa shape index (κ1) is 18.7. The van der Waals surface area contributed by atoms with Crippen LogP contribution in [0.25, 0.3) is 0 Å². The number of H-pyrrole nitrogens is 1. The number of aryl methyl sites for hydroxylation is 2. The summed E-state index contributed by atoms with van der Waals surface area (Å²) in [6.45, 7) is 6.04. The summed E-state index contributed by atoms with van der Waals surface area (Å²) < 4.78 is 0. The topological polar surface area (TPSA) is 103 Å². The molecule has 1 aliphatic rings. The van der Waals surface area contributed by atoms with Crippen molar-refractivity contribution in [2.24, 2.45) is 5.92 Å². The third kappa shape index (κ3) is 4.07. The molecule has 2 N–H and O–H groups in total. The molecule has 1 atom stereocenters. The number of amides is 3. The van der Waals surface area contributed by atoms with E-state index < -0.39 is 17.4 Å². The molecule has 0 unspecified atom stereocenters. The summed E-state index contributed by atoms with van der Waals surface area (Å²) in [5.74, 6) is -1.35. The van der Waals surface area contributed by atoms with Gasteiger partial charge in [-0.2, -0.15) is 0 Å². The summed E-state index contributed by atoms with van der Waals surface area (Å²) >= 11 is 0. The van der Waals surface area contributed by atoms with Gasteiger partial charge in [0.15, 0.2) is 0 Å². The minimum atomic E-state index is -0.536. The summed E-state index contributed by atoms with van der Waals surface area (Å²) in [5, 5.41) is 2.57. The van der Waals surface area contributed by atoms with Gasteiger partial charge in [-0.15, -0.1) is 0 Å². The van der Waals surface area contributed by atoms with Crippen molar-refractivity contribution in [2.75, 3.05) is 33.2 Å². The third-order valence-corrected chi connectivity index (χ3v) is 4.60. The molecule has 2 rings (SSSR count). The summed E-state index contributed by atoms with van der Waals surface area (Å²) in [5.41, 5.74) is 1.13. The fourth-order valence-corrected chi connectivity index (χ4v) is 2.91. The van der Waals surface area contributed by atoms with E-state index in [1.807, 2.05) is 6.92 Å². The van der Waals surface area contributed by atoms with E-state index in [9.17, 15) is 19.2 Å². The molecule has 0 spiro atoms. The molecule has 3 amide bonds. The second-order valence-electron chi connectivity index (χ2n) is 6.35. The van der Waals surface area contributed by atoms with Gasteiger partial charge in [0.25, 0.3) is 11.5 Å². The van der Waals surface area contributed by atoms with E-state index in [2.05, 4.69) is 10.3 Å². The highest BCUT2D eigenvalue weighted by Crippen LogP contribution is 2.14. The zero-order valence-electron chi connectivity index (χ0n) is 15.0. The Balaban J connectivity index is 2.32. The normalized spacial score (nSPS) is 17.8. The maximum atomic E-state index is 12.8. The number of aromatic nitrogens is 1. The number of nitrogens with one attached hydrogen (secondary N) is 2. The van der Waals surface area contributed by atoms with Crippen molar-refractivity contribution in [1.29, 1.82) is 0 Å². The molecule has 1 saturated heterocycles. The molecule has 0 radical (unpaired) electrons. The van der Waals surface area contributed by atoms with Crippen LogP contribution in [0.15, 0.2) is 10.9 Å². The van der Waals surface area contributed by atoms with Crippen molar-refractivity contribution in [1.82, 2.24) is 20.1 Å². The standard InChI is InChI=1S/C17H24N4O4/c1-10-7-14(16(24)19-11(10)2)17(25)21-6-5-20(12(3)22)8-13(9-21)15(23)18-4/h7,13H,5-6,8-9H2,1-4H3,(H,18,23)(H,19,24)/t13-/m0/s1. The molecule has 136 valence electrons. The number of rotatable bonds is 2. The van der Waals surface area contributed by atoms with Crippen LogP contribution in [0, 0.1) is 19.8 Å². The minimum absolute atomic E-state index is 0.0510. The highest BCUT2D eigenvalue weighted by atomic mass is 16.2. The Morgan fingerprint density at radius 3 is 2.36 bits per heavy atom. The van der Waals surface area contributed by atoms with Crippen LogP contribution in [-0.2, 0) is 9.59 Å². The first-order valence-corrected chi connectivity index (χ1v) is 8.21. The fraction of sp³-hybridized carbons (Fsp3) is 0.529.